The van der Waals surface area contributed by atoms with Crippen LogP contribution in [-0.4, -0.2) is 12.3 Å². The van der Waals surface area contributed by atoms with Gasteiger partial charge in [0.15, 0.2) is 0 Å². The molecule has 0 saturated carbocycles. The molecule has 2 N–H and O–H groups in total. The van der Waals surface area contributed by atoms with Crippen molar-refractivity contribution >= 4 is 17.5 Å². The summed E-state index contributed by atoms with van der Waals surface area (Å²) < 4.78 is 12.2. The van der Waals surface area contributed by atoms with Crippen molar-refractivity contribution < 1.29 is 9.18 Å². The molecule has 0 spiro atoms. The van der Waals surface area contributed by atoms with Crippen molar-refractivity contribution in [1.82, 2.24) is 0 Å². The van der Waals surface area contributed by atoms with E-state index in [0.717, 1.165) is 0 Å². The molecule has 1 amide bonds. The largest absolute Gasteiger partial charge is 0.366 e. The van der Waals surface area contributed by atoms with Crippen molar-refractivity contribution in [2.45, 2.75) is 0 Å². The molecule has 0 aliphatic rings. The van der Waals surface area contributed by atoms with E-state index in [2.05, 4.69) is 11.6 Å². The van der Waals surface area contributed by atoms with E-state index >= 15 is 0 Å². The summed E-state index contributed by atoms with van der Waals surface area (Å²) >= 11 is 4.64. The average molecular weight is 190 g/mol. The van der Waals surface area contributed by atoms with Crippen LogP contribution in [0.5, 0.6) is 0 Å². The monoisotopic (exact) mass is 189 g/mol. The quantitative estimate of drug-likeness (QED) is 0.673. The van der Waals surface area contributed by atoms with E-state index in [1.165, 1.54) is 30.6 Å². The number of primary amides is 1. The lowest BCUT2D eigenvalue weighted by molar-refractivity contribution is 0.100. The van der Waals surface area contributed by atoms with E-state index < -0.39 is 5.91 Å². The number of carbonyl (C=O) groups excluding carboxylic acids is 1. The third-order valence-corrected chi connectivity index (χ3v) is 1.13. The predicted octanol–water partition coefficient (Wildman–Crippen LogP) is 1.78. The molecule has 1 aromatic carbocycles. The average Bonchev–Trinajstić information content (AvgIpc) is 2.09. The fourth-order valence-corrected chi connectivity index (χ4v) is 0.614. The van der Waals surface area contributed by atoms with Crippen LogP contribution in [0.15, 0.2) is 24.3 Å². The Kier molecular flexibility index (Phi) is 5.04. The van der Waals surface area contributed by atoms with Crippen molar-refractivity contribution in [3.63, 3.8) is 0 Å². The summed E-state index contributed by atoms with van der Waals surface area (Å²) in [6.45, 7) is 0. The Labute approximate surface area is 75.1 Å². The fraction of sp³-hybridized carbons (Fsp3) is 0.125. The van der Waals surface area contributed by atoms with Gasteiger partial charge in [-0.3, -0.25) is 4.79 Å². The van der Waals surface area contributed by atoms with Crippen molar-refractivity contribution in [2.24, 2.45) is 5.73 Å². The number of nitrogens with two attached hydrogens (primary N) is 1. The van der Waals surface area contributed by atoms with Crippen molar-refractivity contribution in [2.75, 3.05) is 6.38 Å². The van der Waals surface area contributed by atoms with Crippen LogP contribution in [0.4, 0.5) is 4.39 Å². The molecule has 12 heavy (non-hydrogen) atoms. The van der Waals surface area contributed by atoms with Gasteiger partial charge in [-0.2, -0.15) is 0 Å². The lowest BCUT2D eigenvalue weighted by Gasteiger charge is -1.91. The molecule has 0 aliphatic carbocycles. The Balaban J connectivity index is 0.000000561. The van der Waals surface area contributed by atoms with Crippen LogP contribution in [-0.2, 0) is 0 Å². The molecule has 0 unspecified atom stereocenters. The zero-order valence-corrected chi connectivity index (χ0v) is 7.31. The summed E-state index contributed by atoms with van der Waals surface area (Å²) in [5, 5.41) is 0. The number of benzene rings is 1. The summed E-state index contributed by atoms with van der Waals surface area (Å²) in [6, 6.07) is 5.08. The van der Waals surface area contributed by atoms with E-state index in [1.54, 1.807) is 0 Å². The summed E-state index contributed by atoms with van der Waals surface area (Å²) in [7, 11) is 0. The van der Waals surface area contributed by atoms with Crippen molar-refractivity contribution in [1.29, 1.82) is 0 Å². The van der Waals surface area contributed by atoms with Crippen LogP contribution in [0.25, 0.3) is 0 Å². The highest BCUT2D eigenvalue weighted by molar-refractivity contribution is 6.15. The smallest absolute Gasteiger partial charge is 0.248 e. The van der Waals surface area contributed by atoms with Gasteiger partial charge in [-0.1, -0.05) is 0 Å². The zero-order valence-electron chi connectivity index (χ0n) is 6.55. The number of carbonyl (C=O) groups is 1. The molecule has 1 rings (SSSR count). The molecule has 1 aromatic rings. The van der Waals surface area contributed by atoms with Gasteiger partial charge in [0.05, 0.1) is 0 Å². The first-order valence-corrected chi connectivity index (χ1v) is 3.89. The van der Waals surface area contributed by atoms with Gasteiger partial charge in [0.1, 0.15) is 5.82 Å². The number of halogens is 2. The number of amides is 1. The Morgan fingerprint density at radius 1 is 1.33 bits per heavy atom. The van der Waals surface area contributed by atoms with Crippen LogP contribution in [0.2, 0.25) is 0 Å². The van der Waals surface area contributed by atoms with Gasteiger partial charge in [0, 0.05) is 11.9 Å². The highest BCUT2D eigenvalue weighted by atomic mass is 35.5. The summed E-state index contributed by atoms with van der Waals surface area (Å²) in [4.78, 5) is 10.4. The molecular formula is C8H9ClFNO. The Bertz CT molecular complexity index is 248. The molecular weight excluding hydrogens is 181 g/mol. The zero-order chi connectivity index (χ0) is 9.56. The lowest BCUT2D eigenvalue weighted by Crippen LogP contribution is -2.10. The van der Waals surface area contributed by atoms with Gasteiger partial charge in [0.2, 0.25) is 5.91 Å². The second-order valence-electron chi connectivity index (χ2n) is 1.87. The van der Waals surface area contributed by atoms with Crippen LogP contribution in [0, 0.1) is 5.82 Å². The van der Waals surface area contributed by atoms with Crippen molar-refractivity contribution in [3.05, 3.63) is 35.6 Å². The van der Waals surface area contributed by atoms with Crippen LogP contribution in [0.3, 0.4) is 0 Å². The molecule has 0 fully saturated rings. The highest BCUT2D eigenvalue weighted by Crippen LogP contribution is 2.00. The molecule has 0 bridgehead atoms. The van der Waals surface area contributed by atoms with E-state index in [9.17, 15) is 9.18 Å². The highest BCUT2D eigenvalue weighted by Gasteiger charge is 1.97. The maximum Gasteiger partial charge on any atom is 0.248 e. The Hall–Kier alpha value is -1.09. The summed E-state index contributed by atoms with van der Waals surface area (Å²) in [5.41, 5.74) is 5.22. The molecule has 2 nitrogen and oxygen atoms in total. The molecule has 0 saturated heterocycles. The molecule has 66 valence electrons. The van der Waals surface area contributed by atoms with Gasteiger partial charge in [-0.15, -0.1) is 11.6 Å². The first kappa shape index (κ1) is 10.9. The van der Waals surface area contributed by atoms with Gasteiger partial charge in [-0.05, 0) is 24.3 Å². The summed E-state index contributed by atoms with van der Waals surface area (Å²) in [6.07, 6.45) is 1.47. The minimum absolute atomic E-state index is 0.321. The third kappa shape index (κ3) is 3.34. The molecule has 0 radical (unpaired) electrons. The van der Waals surface area contributed by atoms with Crippen LogP contribution >= 0.6 is 11.6 Å². The lowest BCUT2D eigenvalue weighted by atomic mass is 10.2. The second-order valence-corrected chi connectivity index (χ2v) is 1.87. The minimum Gasteiger partial charge on any atom is -0.366 e. The fourth-order valence-electron chi connectivity index (χ4n) is 0.614. The standard InChI is InChI=1S/C7H6FNO.CH3Cl/c8-6-3-1-5(2-4-6)7(9)10;1-2/h1-4H,(H2,9,10);1H3. The second kappa shape index (κ2) is 5.55. The first-order valence-electron chi connectivity index (χ1n) is 3.13. The van der Waals surface area contributed by atoms with Crippen LogP contribution in [0.1, 0.15) is 10.4 Å². The van der Waals surface area contributed by atoms with E-state index in [0.29, 0.717) is 5.56 Å². The predicted molar refractivity (Wildman–Crippen MR) is 46.7 cm³/mol. The SMILES string of the molecule is CCl.NC(=O)c1ccc(F)cc1. The van der Waals surface area contributed by atoms with Gasteiger partial charge >= 0.3 is 0 Å². The maximum absolute atomic E-state index is 12.2. The number of rotatable bonds is 1. The van der Waals surface area contributed by atoms with E-state index in [-0.39, 0.29) is 5.82 Å². The topological polar surface area (TPSA) is 43.1 Å². The van der Waals surface area contributed by atoms with Gasteiger partial charge in [-0.25, -0.2) is 4.39 Å². The first-order chi connectivity index (χ1) is 5.70. The molecule has 0 heterocycles. The number of alkyl halides is 1. The van der Waals surface area contributed by atoms with E-state index in [4.69, 9.17) is 5.73 Å². The van der Waals surface area contributed by atoms with Gasteiger partial charge in [0.25, 0.3) is 0 Å². The normalized spacial score (nSPS) is 8.25. The Morgan fingerprint density at radius 2 is 1.75 bits per heavy atom. The van der Waals surface area contributed by atoms with Crippen LogP contribution < -0.4 is 5.73 Å². The summed E-state index contributed by atoms with van der Waals surface area (Å²) in [5.74, 6) is -0.912. The minimum atomic E-state index is -0.542. The Morgan fingerprint density at radius 3 is 2.08 bits per heavy atom. The molecule has 4 heteroatoms. The van der Waals surface area contributed by atoms with E-state index in [1.807, 2.05) is 0 Å². The number of hydrogen-bond acceptors (Lipinski definition) is 1. The molecule has 0 aliphatic heterocycles. The molecule has 0 aromatic heterocycles. The third-order valence-electron chi connectivity index (χ3n) is 1.13. The number of hydrogen-bond donors (Lipinski definition) is 1. The van der Waals surface area contributed by atoms with Gasteiger partial charge < -0.3 is 5.73 Å². The molecule has 0 atom stereocenters. The van der Waals surface area contributed by atoms with Crippen molar-refractivity contribution in [3.8, 4) is 0 Å². The maximum atomic E-state index is 12.2.